The fraction of sp³-hybridized carbons (Fsp3) is 0.278. The van der Waals surface area contributed by atoms with Gasteiger partial charge in [-0.05, 0) is 55.3 Å². The van der Waals surface area contributed by atoms with E-state index in [9.17, 15) is 9.18 Å². The standard InChI is InChI=1S/C18H21FN2O/c1-3-13(2)20-16-8-10-17(11-9-16)21-18(22)12-14-4-6-15(19)7-5-14/h4-11,13,20H,3,12H2,1-2H3,(H,21,22). The van der Waals surface area contributed by atoms with Gasteiger partial charge in [-0.15, -0.1) is 0 Å². The van der Waals surface area contributed by atoms with E-state index in [0.717, 1.165) is 23.4 Å². The third-order valence-electron chi connectivity index (χ3n) is 3.47. The van der Waals surface area contributed by atoms with Crippen LogP contribution in [0.4, 0.5) is 15.8 Å². The normalized spacial score (nSPS) is 11.8. The molecule has 1 unspecified atom stereocenters. The summed E-state index contributed by atoms with van der Waals surface area (Å²) in [5.41, 5.74) is 2.57. The SMILES string of the molecule is CCC(C)Nc1ccc(NC(=O)Cc2ccc(F)cc2)cc1. The third-order valence-corrected chi connectivity index (χ3v) is 3.47. The number of carbonyl (C=O) groups is 1. The Labute approximate surface area is 130 Å². The van der Waals surface area contributed by atoms with Gasteiger partial charge in [-0.3, -0.25) is 4.79 Å². The molecule has 0 saturated heterocycles. The van der Waals surface area contributed by atoms with Crippen LogP contribution in [-0.2, 0) is 11.2 Å². The highest BCUT2D eigenvalue weighted by atomic mass is 19.1. The highest BCUT2D eigenvalue weighted by Gasteiger charge is 2.05. The van der Waals surface area contributed by atoms with E-state index in [0.29, 0.717) is 6.04 Å². The Bertz CT molecular complexity index is 608. The maximum absolute atomic E-state index is 12.8. The molecule has 0 aliphatic carbocycles. The van der Waals surface area contributed by atoms with E-state index in [1.807, 2.05) is 24.3 Å². The first-order valence-corrected chi connectivity index (χ1v) is 7.47. The Morgan fingerprint density at radius 3 is 2.23 bits per heavy atom. The minimum Gasteiger partial charge on any atom is -0.383 e. The molecule has 2 N–H and O–H groups in total. The minimum absolute atomic E-state index is 0.116. The van der Waals surface area contributed by atoms with E-state index < -0.39 is 0 Å². The minimum atomic E-state index is -0.298. The fourth-order valence-electron chi connectivity index (χ4n) is 2.03. The smallest absolute Gasteiger partial charge is 0.228 e. The molecule has 0 fully saturated rings. The zero-order chi connectivity index (χ0) is 15.9. The summed E-state index contributed by atoms with van der Waals surface area (Å²) < 4.78 is 12.8. The first-order valence-electron chi connectivity index (χ1n) is 7.47. The van der Waals surface area contributed by atoms with E-state index in [-0.39, 0.29) is 18.1 Å². The molecule has 0 aliphatic heterocycles. The number of carbonyl (C=O) groups excluding carboxylic acids is 1. The molecule has 2 aromatic rings. The van der Waals surface area contributed by atoms with Crippen molar-refractivity contribution in [2.45, 2.75) is 32.7 Å². The van der Waals surface area contributed by atoms with E-state index in [1.54, 1.807) is 12.1 Å². The molecule has 1 atom stereocenters. The molecule has 3 nitrogen and oxygen atoms in total. The molecule has 0 heterocycles. The Morgan fingerprint density at radius 2 is 1.64 bits per heavy atom. The van der Waals surface area contributed by atoms with Crippen molar-refractivity contribution in [1.29, 1.82) is 0 Å². The van der Waals surface area contributed by atoms with E-state index >= 15 is 0 Å². The third kappa shape index (κ3) is 4.88. The molecule has 0 saturated carbocycles. The number of hydrogen-bond donors (Lipinski definition) is 2. The Kier molecular flexibility index (Phi) is 5.53. The summed E-state index contributed by atoms with van der Waals surface area (Å²) in [4.78, 5) is 12.0. The molecule has 2 aromatic carbocycles. The molecule has 1 amide bonds. The van der Waals surface area contributed by atoms with Crippen molar-refractivity contribution < 1.29 is 9.18 Å². The first-order chi connectivity index (χ1) is 10.6. The van der Waals surface area contributed by atoms with Gasteiger partial charge in [0.05, 0.1) is 6.42 Å². The summed E-state index contributed by atoms with van der Waals surface area (Å²) in [7, 11) is 0. The average molecular weight is 300 g/mol. The summed E-state index contributed by atoms with van der Waals surface area (Å²) in [6.07, 6.45) is 1.28. The molecule has 0 spiro atoms. The number of benzene rings is 2. The molecular formula is C18H21FN2O. The first kappa shape index (κ1) is 16.0. The van der Waals surface area contributed by atoms with Crippen molar-refractivity contribution in [2.75, 3.05) is 10.6 Å². The van der Waals surface area contributed by atoms with Crippen molar-refractivity contribution in [3.8, 4) is 0 Å². The number of halogens is 1. The summed E-state index contributed by atoms with van der Waals surface area (Å²) in [5, 5.41) is 6.21. The van der Waals surface area contributed by atoms with Crippen LogP contribution in [0.25, 0.3) is 0 Å². The molecule has 22 heavy (non-hydrogen) atoms. The van der Waals surface area contributed by atoms with E-state index in [1.165, 1.54) is 12.1 Å². The Hall–Kier alpha value is -2.36. The zero-order valence-corrected chi connectivity index (χ0v) is 12.9. The largest absolute Gasteiger partial charge is 0.383 e. The van der Waals surface area contributed by atoms with Gasteiger partial charge in [0.2, 0.25) is 5.91 Å². The summed E-state index contributed by atoms with van der Waals surface area (Å²) >= 11 is 0. The predicted octanol–water partition coefficient (Wildman–Crippen LogP) is 4.22. The Morgan fingerprint density at radius 1 is 1.05 bits per heavy atom. The van der Waals surface area contributed by atoms with Crippen molar-refractivity contribution in [2.24, 2.45) is 0 Å². The number of anilines is 2. The van der Waals surface area contributed by atoms with Gasteiger partial charge in [0.1, 0.15) is 5.82 Å². The highest BCUT2D eigenvalue weighted by molar-refractivity contribution is 5.92. The number of rotatable bonds is 6. The quantitative estimate of drug-likeness (QED) is 0.838. The molecule has 0 radical (unpaired) electrons. The lowest BCUT2D eigenvalue weighted by molar-refractivity contribution is -0.115. The Balaban J connectivity index is 1.90. The summed E-state index contributed by atoms with van der Waals surface area (Å²) in [5.74, 6) is -0.414. The average Bonchev–Trinajstić information content (AvgIpc) is 2.51. The number of nitrogens with one attached hydrogen (secondary N) is 2. The van der Waals surface area contributed by atoms with Gasteiger partial charge in [-0.25, -0.2) is 4.39 Å². The number of amides is 1. The van der Waals surface area contributed by atoms with Gasteiger partial charge in [-0.2, -0.15) is 0 Å². The second-order valence-corrected chi connectivity index (χ2v) is 5.38. The molecule has 2 rings (SSSR count). The van der Waals surface area contributed by atoms with Gasteiger partial charge < -0.3 is 10.6 Å². The number of hydrogen-bond acceptors (Lipinski definition) is 2. The lowest BCUT2D eigenvalue weighted by Gasteiger charge is -2.13. The van der Waals surface area contributed by atoms with Crippen LogP contribution >= 0.6 is 0 Å². The summed E-state index contributed by atoms with van der Waals surface area (Å²) in [6.45, 7) is 4.25. The molecule has 4 heteroatoms. The van der Waals surface area contributed by atoms with Gasteiger partial charge in [-0.1, -0.05) is 19.1 Å². The van der Waals surface area contributed by atoms with Crippen molar-refractivity contribution in [3.63, 3.8) is 0 Å². The van der Waals surface area contributed by atoms with Gasteiger partial charge in [0.15, 0.2) is 0 Å². The maximum Gasteiger partial charge on any atom is 0.228 e. The van der Waals surface area contributed by atoms with Crippen molar-refractivity contribution >= 4 is 17.3 Å². The summed E-state index contributed by atoms with van der Waals surface area (Å²) in [6, 6.07) is 14.0. The van der Waals surface area contributed by atoms with Crippen LogP contribution in [0.15, 0.2) is 48.5 Å². The molecule has 0 aliphatic rings. The van der Waals surface area contributed by atoms with Gasteiger partial charge in [0.25, 0.3) is 0 Å². The van der Waals surface area contributed by atoms with Crippen LogP contribution in [0.1, 0.15) is 25.8 Å². The molecule has 116 valence electrons. The monoisotopic (exact) mass is 300 g/mol. The van der Waals surface area contributed by atoms with Crippen LogP contribution in [0.3, 0.4) is 0 Å². The van der Waals surface area contributed by atoms with Crippen molar-refractivity contribution in [1.82, 2.24) is 0 Å². The fourth-order valence-corrected chi connectivity index (χ4v) is 2.03. The molecule has 0 bridgehead atoms. The van der Waals surface area contributed by atoms with Crippen LogP contribution in [0.2, 0.25) is 0 Å². The second kappa shape index (κ2) is 7.59. The van der Waals surface area contributed by atoms with Crippen LogP contribution in [-0.4, -0.2) is 11.9 Å². The highest BCUT2D eigenvalue weighted by Crippen LogP contribution is 2.15. The maximum atomic E-state index is 12.8. The second-order valence-electron chi connectivity index (χ2n) is 5.38. The van der Waals surface area contributed by atoms with Crippen LogP contribution in [0, 0.1) is 5.82 Å². The van der Waals surface area contributed by atoms with Gasteiger partial charge >= 0.3 is 0 Å². The topological polar surface area (TPSA) is 41.1 Å². The van der Waals surface area contributed by atoms with Gasteiger partial charge in [0, 0.05) is 17.4 Å². The van der Waals surface area contributed by atoms with E-state index in [2.05, 4.69) is 24.5 Å². The van der Waals surface area contributed by atoms with Crippen LogP contribution < -0.4 is 10.6 Å². The lowest BCUT2D eigenvalue weighted by Crippen LogP contribution is -2.15. The predicted molar refractivity (Wildman–Crippen MR) is 88.6 cm³/mol. The zero-order valence-electron chi connectivity index (χ0n) is 12.9. The lowest BCUT2D eigenvalue weighted by atomic mass is 10.1. The molecular weight excluding hydrogens is 279 g/mol. The van der Waals surface area contributed by atoms with E-state index in [4.69, 9.17) is 0 Å². The van der Waals surface area contributed by atoms with Crippen molar-refractivity contribution in [3.05, 3.63) is 59.9 Å². The molecule has 0 aromatic heterocycles. The van der Waals surface area contributed by atoms with Crippen LogP contribution in [0.5, 0.6) is 0 Å².